The number of nitrogens with zero attached hydrogens (tertiary/aromatic N) is 1. The second kappa shape index (κ2) is 6.48. The van der Waals surface area contributed by atoms with Gasteiger partial charge in [0.25, 0.3) is 0 Å². The first kappa shape index (κ1) is 14.4. The van der Waals surface area contributed by atoms with E-state index in [0.717, 1.165) is 35.6 Å². The number of fused-ring (bicyclic) bond motifs is 1. The summed E-state index contributed by atoms with van der Waals surface area (Å²) in [5.41, 5.74) is 3.37. The molecule has 1 aromatic heterocycles. The summed E-state index contributed by atoms with van der Waals surface area (Å²) < 4.78 is 10.6. The molecule has 0 aliphatic heterocycles. The molecule has 0 saturated heterocycles. The van der Waals surface area contributed by atoms with Gasteiger partial charge in [0.15, 0.2) is 11.5 Å². The van der Waals surface area contributed by atoms with Crippen LogP contribution in [0.25, 0.3) is 10.9 Å². The van der Waals surface area contributed by atoms with Gasteiger partial charge >= 0.3 is 0 Å². The van der Waals surface area contributed by atoms with E-state index in [9.17, 15) is 0 Å². The van der Waals surface area contributed by atoms with Gasteiger partial charge in [0.05, 0.1) is 19.7 Å². The van der Waals surface area contributed by atoms with Crippen molar-refractivity contribution in [2.45, 2.75) is 12.8 Å². The third kappa shape index (κ3) is 3.03. The summed E-state index contributed by atoms with van der Waals surface area (Å²) in [7, 11) is 3.31. The molecule has 0 fully saturated rings. The fourth-order valence-electron chi connectivity index (χ4n) is 2.56. The van der Waals surface area contributed by atoms with Crippen LogP contribution in [-0.2, 0) is 12.8 Å². The number of para-hydroxylation sites is 1. The van der Waals surface area contributed by atoms with Gasteiger partial charge in [-0.25, -0.2) is 0 Å². The lowest BCUT2D eigenvalue weighted by Gasteiger charge is -2.09. The number of hydrogen-bond donors (Lipinski definition) is 0. The molecule has 3 nitrogen and oxygen atoms in total. The van der Waals surface area contributed by atoms with E-state index < -0.39 is 0 Å². The van der Waals surface area contributed by atoms with Crippen molar-refractivity contribution in [2.75, 3.05) is 14.2 Å². The highest BCUT2D eigenvalue weighted by atomic mass is 16.5. The summed E-state index contributed by atoms with van der Waals surface area (Å²) in [6.07, 6.45) is 1.83. The zero-order chi connectivity index (χ0) is 15.4. The zero-order valence-corrected chi connectivity index (χ0v) is 12.9. The number of benzene rings is 2. The molecule has 3 heteroatoms. The van der Waals surface area contributed by atoms with Gasteiger partial charge in [-0.1, -0.05) is 30.3 Å². The van der Waals surface area contributed by atoms with Crippen LogP contribution < -0.4 is 9.47 Å². The molecule has 22 heavy (non-hydrogen) atoms. The maximum Gasteiger partial charge on any atom is 0.160 e. The maximum atomic E-state index is 5.35. The van der Waals surface area contributed by atoms with Crippen molar-refractivity contribution in [2.24, 2.45) is 0 Å². The maximum absolute atomic E-state index is 5.35. The van der Waals surface area contributed by atoms with Crippen molar-refractivity contribution < 1.29 is 9.47 Å². The Bertz CT molecular complexity index is 783. The quantitative estimate of drug-likeness (QED) is 0.711. The van der Waals surface area contributed by atoms with Gasteiger partial charge in [-0.2, -0.15) is 0 Å². The summed E-state index contributed by atoms with van der Waals surface area (Å²) in [5.74, 6) is 1.53. The van der Waals surface area contributed by atoms with Crippen LogP contribution in [0.2, 0.25) is 0 Å². The number of methoxy groups -OCH3 is 2. The first-order chi connectivity index (χ1) is 10.8. The Labute approximate surface area is 130 Å². The van der Waals surface area contributed by atoms with Crippen LogP contribution in [0.15, 0.2) is 54.6 Å². The predicted molar refractivity (Wildman–Crippen MR) is 88.7 cm³/mol. The summed E-state index contributed by atoms with van der Waals surface area (Å²) in [6, 6.07) is 18.5. The normalized spacial score (nSPS) is 10.6. The molecule has 0 saturated carbocycles. The van der Waals surface area contributed by atoms with E-state index in [0.29, 0.717) is 0 Å². The number of pyridine rings is 1. The molecule has 3 aromatic rings. The lowest BCUT2D eigenvalue weighted by Crippen LogP contribution is -1.97. The van der Waals surface area contributed by atoms with Crippen LogP contribution in [0.5, 0.6) is 11.5 Å². The van der Waals surface area contributed by atoms with Crippen LogP contribution in [0.3, 0.4) is 0 Å². The third-order valence-electron chi connectivity index (χ3n) is 3.77. The molecule has 112 valence electrons. The fourth-order valence-corrected chi connectivity index (χ4v) is 2.56. The van der Waals surface area contributed by atoms with E-state index in [4.69, 9.17) is 14.5 Å². The Morgan fingerprint density at radius 2 is 1.64 bits per heavy atom. The molecule has 0 radical (unpaired) electrons. The third-order valence-corrected chi connectivity index (χ3v) is 3.77. The predicted octanol–water partition coefficient (Wildman–Crippen LogP) is 4.04. The van der Waals surface area contributed by atoms with Crippen LogP contribution >= 0.6 is 0 Å². The minimum Gasteiger partial charge on any atom is -0.493 e. The molecule has 0 unspecified atom stereocenters. The highest BCUT2D eigenvalue weighted by Gasteiger charge is 2.05. The molecule has 1 heterocycles. The summed E-state index contributed by atoms with van der Waals surface area (Å²) in [6.45, 7) is 0. The Balaban J connectivity index is 1.76. The first-order valence-electron chi connectivity index (χ1n) is 7.36. The Kier molecular flexibility index (Phi) is 4.24. The molecule has 0 aliphatic rings. The lowest BCUT2D eigenvalue weighted by atomic mass is 10.1. The number of hydrogen-bond acceptors (Lipinski definition) is 3. The number of rotatable bonds is 5. The summed E-state index contributed by atoms with van der Waals surface area (Å²) in [5, 5.41) is 1.18. The molecule has 0 atom stereocenters. The van der Waals surface area contributed by atoms with E-state index >= 15 is 0 Å². The molecule has 3 rings (SSSR count). The largest absolute Gasteiger partial charge is 0.493 e. The highest BCUT2D eigenvalue weighted by Crippen LogP contribution is 2.28. The van der Waals surface area contributed by atoms with Gasteiger partial charge < -0.3 is 9.47 Å². The van der Waals surface area contributed by atoms with Crippen molar-refractivity contribution in [3.63, 3.8) is 0 Å². The average molecular weight is 293 g/mol. The van der Waals surface area contributed by atoms with Gasteiger partial charge in [-0.3, -0.25) is 4.98 Å². The number of ether oxygens (including phenoxy) is 2. The average Bonchev–Trinajstić information content (AvgIpc) is 2.59. The standard InChI is InChI=1S/C19H19NO2/c1-21-18-12-8-14(13-19(18)22-2)7-10-16-11-9-15-5-3-4-6-17(15)20-16/h3-6,8-9,11-13H,7,10H2,1-2H3. The van der Waals surface area contributed by atoms with Gasteiger partial charge in [0.1, 0.15) is 0 Å². The summed E-state index contributed by atoms with van der Waals surface area (Å²) >= 11 is 0. The van der Waals surface area contributed by atoms with Crippen molar-refractivity contribution in [3.05, 3.63) is 65.9 Å². The first-order valence-corrected chi connectivity index (χ1v) is 7.36. The lowest BCUT2D eigenvalue weighted by molar-refractivity contribution is 0.354. The van der Waals surface area contributed by atoms with Gasteiger partial charge in [0, 0.05) is 11.1 Å². The van der Waals surface area contributed by atoms with Gasteiger partial charge in [-0.05, 0) is 42.7 Å². The highest BCUT2D eigenvalue weighted by molar-refractivity contribution is 5.78. The van der Waals surface area contributed by atoms with E-state index in [1.54, 1.807) is 14.2 Å². The van der Waals surface area contributed by atoms with Crippen LogP contribution in [0.1, 0.15) is 11.3 Å². The molecular weight excluding hydrogens is 274 g/mol. The second-order valence-electron chi connectivity index (χ2n) is 5.18. The van der Waals surface area contributed by atoms with E-state index in [1.807, 2.05) is 24.3 Å². The molecule has 0 spiro atoms. The van der Waals surface area contributed by atoms with Crippen LogP contribution in [0, 0.1) is 0 Å². The minimum atomic E-state index is 0.759. The van der Waals surface area contributed by atoms with Crippen molar-refractivity contribution in [3.8, 4) is 11.5 Å². The Morgan fingerprint density at radius 3 is 2.45 bits per heavy atom. The van der Waals surface area contributed by atoms with Crippen molar-refractivity contribution >= 4 is 10.9 Å². The second-order valence-corrected chi connectivity index (χ2v) is 5.18. The van der Waals surface area contributed by atoms with Crippen LogP contribution in [0.4, 0.5) is 0 Å². The van der Waals surface area contributed by atoms with Crippen molar-refractivity contribution in [1.29, 1.82) is 0 Å². The smallest absolute Gasteiger partial charge is 0.160 e. The summed E-state index contributed by atoms with van der Waals surface area (Å²) in [4.78, 5) is 4.71. The van der Waals surface area contributed by atoms with E-state index in [1.165, 1.54) is 10.9 Å². The minimum absolute atomic E-state index is 0.759. The molecule has 0 bridgehead atoms. The zero-order valence-electron chi connectivity index (χ0n) is 12.9. The monoisotopic (exact) mass is 293 g/mol. The van der Waals surface area contributed by atoms with Gasteiger partial charge in [-0.15, -0.1) is 0 Å². The van der Waals surface area contributed by atoms with Crippen molar-refractivity contribution in [1.82, 2.24) is 4.98 Å². The molecule has 0 amide bonds. The molecular formula is C19H19NO2. The Morgan fingerprint density at radius 1 is 0.818 bits per heavy atom. The topological polar surface area (TPSA) is 31.4 Å². The van der Waals surface area contributed by atoms with Crippen LogP contribution in [-0.4, -0.2) is 19.2 Å². The number of aryl methyl sites for hydroxylation is 2. The van der Waals surface area contributed by atoms with E-state index in [2.05, 4.69) is 30.3 Å². The van der Waals surface area contributed by atoms with Gasteiger partial charge in [0.2, 0.25) is 0 Å². The SMILES string of the molecule is COc1ccc(CCc2ccc3ccccc3n2)cc1OC. The fraction of sp³-hybridized carbons (Fsp3) is 0.211. The molecule has 0 N–H and O–H groups in total. The number of aromatic nitrogens is 1. The Hall–Kier alpha value is -2.55. The molecule has 2 aromatic carbocycles. The molecule has 0 aliphatic carbocycles. The van der Waals surface area contributed by atoms with E-state index in [-0.39, 0.29) is 0 Å².